The van der Waals surface area contributed by atoms with Crippen molar-refractivity contribution < 1.29 is 14.0 Å². The molecule has 7 nitrogen and oxygen atoms in total. The van der Waals surface area contributed by atoms with Gasteiger partial charge in [-0.2, -0.15) is 0 Å². The zero-order valence-corrected chi connectivity index (χ0v) is 16.7. The standard InChI is InChI=1S/C19H27BN4O3/c1-18(2)19(3,4)27-20(26-18)14-11-15-13(10-16(14)25-5)17(23-12-22-15)24-8-6-21-7-9-24/h10-12,21H,6-9H2,1-5H3. The molecule has 1 aromatic carbocycles. The van der Waals surface area contributed by atoms with Gasteiger partial charge in [0.15, 0.2) is 0 Å². The van der Waals surface area contributed by atoms with E-state index in [4.69, 9.17) is 14.0 Å². The lowest BCUT2D eigenvalue weighted by atomic mass is 9.78. The molecule has 1 N–H and O–H groups in total. The Labute approximate surface area is 160 Å². The molecule has 0 unspecified atom stereocenters. The van der Waals surface area contributed by atoms with E-state index in [1.54, 1.807) is 13.4 Å². The second kappa shape index (κ2) is 6.62. The minimum absolute atomic E-state index is 0.407. The second-order valence-electron chi connectivity index (χ2n) is 8.13. The van der Waals surface area contributed by atoms with E-state index in [0.29, 0.717) is 0 Å². The van der Waals surface area contributed by atoms with Crippen molar-refractivity contribution in [1.82, 2.24) is 15.3 Å². The predicted octanol–water partition coefficient (Wildman–Crippen LogP) is 1.35. The summed E-state index contributed by atoms with van der Waals surface area (Å²) in [6, 6.07) is 4.01. The molecule has 8 heteroatoms. The lowest BCUT2D eigenvalue weighted by molar-refractivity contribution is 0.00578. The quantitative estimate of drug-likeness (QED) is 0.818. The van der Waals surface area contributed by atoms with Gasteiger partial charge in [-0.25, -0.2) is 9.97 Å². The van der Waals surface area contributed by atoms with Gasteiger partial charge in [0, 0.05) is 37.0 Å². The molecule has 4 rings (SSSR count). The van der Waals surface area contributed by atoms with Crippen molar-refractivity contribution >= 4 is 29.3 Å². The Morgan fingerprint density at radius 2 is 1.74 bits per heavy atom. The number of ether oxygens (including phenoxy) is 1. The molecule has 27 heavy (non-hydrogen) atoms. The number of fused-ring (bicyclic) bond motifs is 1. The highest BCUT2D eigenvalue weighted by Crippen LogP contribution is 2.38. The van der Waals surface area contributed by atoms with Gasteiger partial charge in [0.25, 0.3) is 0 Å². The zero-order valence-electron chi connectivity index (χ0n) is 16.7. The van der Waals surface area contributed by atoms with Crippen molar-refractivity contribution in [3.63, 3.8) is 0 Å². The number of piperazine rings is 1. The van der Waals surface area contributed by atoms with Crippen LogP contribution in [-0.2, 0) is 9.31 Å². The average molecular weight is 370 g/mol. The first-order chi connectivity index (χ1) is 12.8. The largest absolute Gasteiger partial charge is 0.498 e. The van der Waals surface area contributed by atoms with Gasteiger partial charge < -0.3 is 24.3 Å². The third kappa shape index (κ3) is 3.15. The van der Waals surface area contributed by atoms with Crippen LogP contribution in [0.25, 0.3) is 10.9 Å². The third-order valence-corrected chi connectivity index (χ3v) is 5.89. The molecule has 2 saturated heterocycles. The fourth-order valence-electron chi connectivity index (χ4n) is 3.55. The zero-order chi connectivity index (χ0) is 19.2. The SMILES string of the molecule is COc1cc2c(N3CCNCC3)ncnc2cc1B1OC(C)(C)C(C)(C)O1. The summed E-state index contributed by atoms with van der Waals surface area (Å²) in [5.41, 5.74) is 0.905. The molecular formula is C19H27BN4O3. The van der Waals surface area contributed by atoms with Crippen molar-refractivity contribution in [3.05, 3.63) is 18.5 Å². The molecule has 2 fully saturated rings. The molecule has 0 atom stereocenters. The monoisotopic (exact) mass is 370 g/mol. The molecule has 0 saturated carbocycles. The second-order valence-corrected chi connectivity index (χ2v) is 8.13. The number of hydrogen-bond donors (Lipinski definition) is 1. The maximum atomic E-state index is 6.22. The van der Waals surface area contributed by atoms with Crippen LogP contribution >= 0.6 is 0 Å². The van der Waals surface area contributed by atoms with Crippen LogP contribution in [0.2, 0.25) is 0 Å². The van der Waals surface area contributed by atoms with Crippen LogP contribution in [0.5, 0.6) is 5.75 Å². The molecule has 2 aliphatic heterocycles. The highest BCUT2D eigenvalue weighted by Gasteiger charge is 2.52. The molecule has 0 amide bonds. The smallest absolute Gasteiger partial charge is 0.497 e. The topological polar surface area (TPSA) is 68.7 Å². The number of hydrogen-bond acceptors (Lipinski definition) is 7. The summed E-state index contributed by atoms with van der Waals surface area (Å²) in [5.74, 6) is 1.67. The fraction of sp³-hybridized carbons (Fsp3) is 0.579. The predicted molar refractivity (Wildman–Crippen MR) is 107 cm³/mol. The summed E-state index contributed by atoms with van der Waals surface area (Å²) in [7, 11) is 1.18. The molecule has 144 valence electrons. The third-order valence-electron chi connectivity index (χ3n) is 5.89. The van der Waals surface area contributed by atoms with E-state index in [-0.39, 0.29) is 0 Å². The van der Waals surface area contributed by atoms with Gasteiger partial charge >= 0.3 is 7.12 Å². The van der Waals surface area contributed by atoms with Crippen LogP contribution in [0.1, 0.15) is 27.7 Å². The molecule has 2 aromatic rings. The Balaban J connectivity index is 1.77. The number of methoxy groups -OCH3 is 1. The molecule has 0 aliphatic carbocycles. The van der Waals surface area contributed by atoms with Crippen LogP contribution in [0.4, 0.5) is 5.82 Å². The van der Waals surface area contributed by atoms with Crippen LogP contribution in [-0.4, -0.2) is 61.6 Å². The summed E-state index contributed by atoms with van der Waals surface area (Å²) in [4.78, 5) is 11.3. The number of nitrogens with one attached hydrogen (secondary N) is 1. The minimum Gasteiger partial charge on any atom is -0.497 e. The van der Waals surface area contributed by atoms with Crippen molar-refractivity contribution in [2.45, 2.75) is 38.9 Å². The maximum absolute atomic E-state index is 6.22. The highest BCUT2D eigenvalue weighted by molar-refractivity contribution is 6.63. The van der Waals surface area contributed by atoms with Crippen molar-refractivity contribution in [2.75, 3.05) is 38.2 Å². The average Bonchev–Trinajstić information content (AvgIpc) is 2.88. The van der Waals surface area contributed by atoms with Crippen LogP contribution in [0.15, 0.2) is 18.5 Å². The minimum atomic E-state index is -0.494. The Kier molecular flexibility index (Phi) is 4.52. The highest BCUT2D eigenvalue weighted by atomic mass is 16.7. The molecule has 3 heterocycles. The first-order valence-corrected chi connectivity index (χ1v) is 9.46. The van der Waals surface area contributed by atoms with E-state index in [1.165, 1.54) is 0 Å². The van der Waals surface area contributed by atoms with Crippen LogP contribution in [0, 0.1) is 0 Å². The lowest BCUT2D eigenvalue weighted by Gasteiger charge is -2.32. The van der Waals surface area contributed by atoms with E-state index in [9.17, 15) is 0 Å². The van der Waals surface area contributed by atoms with E-state index in [1.807, 2.05) is 39.8 Å². The Morgan fingerprint density at radius 3 is 2.37 bits per heavy atom. The van der Waals surface area contributed by atoms with Gasteiger partial charge in [-0.1, -0.05) is 0 Å². The lowest BCUT2D eigenvalue weighted by Crippen LogP contribution is -2.44. The number of benzene rings is 1. The number of rotatable bonds is 3. The molecule has 0 radical (unpaired) electrons. The van der Waals surface area contributed by atoms with E-state index >= 15 is 0 Å². The van der Waals surface area contributed by atoms with Gasteiger partial charge in [0.05, 0.1) is 23.8 Å². The van der Waals surface area contributed by atoms with E-state index in [0.717, 1.165) is 54.1 Å². The maximum Gasteiger partial charge on any atom is 0.498 e. The van der Waals surface area contributed by atoms with Crippen LogP contribution in [0.3, 0.4) is 0 Å². The van der Waals surface area contributed by atoms with Gasteiger partial charge in [0.2, 0.25) is 0 Å². The number of aromatic nitrogens is 2. The summed E-state index contributed by atoms with van der Waals surface area (Å²) >= 11 is 0. The summed E-state index contributed by atoms with van der Waals surface area (Å²) in [6.07, 6.45) is 1.63. The fourth-order valence-corrected chi connectivity index (χ4v) is 3.55. The summed E-state index contributed by atoms with van der Waals surface area (Å²) in [5, 5.41) is 4.36. The number of nitrogens with zero attached hydrogens (tertiary/aromatic N) is 3. The molecule has 0 bridgehead atoms. The van der Waals surface area contributed by atoms with Crippen molar-refractivity contribution in [1.29, 1.82) is 0 Å². The Morgan fingerprint density at radius 1 is 1.07 bits per heavy atom. The Bertz CT molecular complexity index is 836. The van der Waals surface area contributed by atoms with Gasteiger partial charge in [-0.05, 0) is 39.8 Å². The van der Waals surface area contributed by atoms with Crippen molar-refractivity contribution in [2.24, 2.45) is 0 Å². The first kappa shape index (κ1) is 18.5. The Hall–Kier alpha value is -1.90. The van der Waals surface area contributed by atoms with E-state index in [2.05, 4.69) is 20.2 Å². The molecule has 0 spiro atoms. The van der Waals surface area contributed by atoms with Crippen LogP contribution < -0.4 is 20.4 Å². The molecule has 1 aromatic heterocycles. The van der Waals surface area contributed by atoms with Gasteiger partial charge in [-0.3, -0.25) is 0 Å². The molecule has 2 aliphatic rings. The molecular weight excluding hydrogens is 343 g/mol. The summed E-state index contributed by atoms with van der Waals surface area (Å²) < 4.78 is 18.1. The number of anilines is 1. The van der Waals surface area contributed by atoms with Gasteiger partial charge in [-0.15, -0.1) is 0 Å². The normalized spacial score (nSPS) is 21.7. The first-order valence-electron chi connectivity index (χ1n) is 9.46. The van der Waals surface area contributed by atoms with E-state index < -0.39 is 18.3 Å². The van der Waals surface area contributed by atoms with Crippen molar-refractivity contribution in [3.8, 4) is 5.75 Å². The van der Waals surface area contributed by atoms with Gasteiger partial charge in [0.1, 0.15) is 17.9 Å². The summed E-state index contributed by atoms with van der Waals surface area (Å²) in [6.45, 7) is 11.9.